The second-order valence-electron chi connectivity index (χ2n) is 11.2. The molecule has 1 fully saturated rings. The van der Waals surface area contributed by atoms with Gasteiger partial charge in [-0.1, -0.05) is 82.2 Å². The highest BCUT2D eigenvalue weighted by molar-refractivity contribution is 6.47. The van der Waals surface area contributed by atoms with Crippen molar-refractivity contribution in [2.45, 2.75) is 84.3 Å². The lowest BCUT2D eigenvalue weighted by atomic mass is 9.69. The number of carbonyl (C=O) groups is 2. The Kier molecular flexibility index (Phi) is 7.51. The molecule has 1 atom stereocenters. The van der Waals surface area contributed by atoms with Crippen LogP contribution in [-0.2, 0) is 9.59 Å². The lowest BCUT2D eigenvalue weighted by molar-refractivity contribution is -0.132. The number of nitrogens with zero attached hydrogens (tertiary/aromatic N) is 2. The number of halogens is 1. The van der Waals surface area contributed by atoms with Gasteiger partial charge < -0.3 is 4.90 Å². The van der Waals surface area contributed by atoms with Crippen molar-refractivity contribution in [3.63, 3.8) is 0 Å². The van der Waals surface area contributed by atoms with Crippen LogP contribution in [0.25, 0.3) is 0 Å². The van der Waals surface area contributed by atoms with Crippen LogP contribution in [0, 0.1) is 11.3 Å². The van der Waals surface area contributed by atoms with Crippen molar-refractivity contribution in [1.29, 1.82) is 0 Å². The second-order valence-corrected chi connectivity index (χ2v) is 11.6. The fourth-order valence-corrected chi connectivity index (χ4v) is 6.04. The first-order chi connectivity index (χ1) is 16.7. The minimum atomic E-state index is -0.547. The summed E-state index contributed by atoms with van der Waals surface area (Å²) in [6.45, 7) is 9.09. The quantitative estimate of drug-likeness (QED) is 0.398. The molecule has 1 unspecified atom stereocenters. The third-order valence-electron chi connectivity index (χ3n) is 7.86. The highest BCUT2D eigenvalue weighted by atomic mass is 35.5. The van der Waals surface area contributed by atoms with Crippen LogP contribution < -0.4 is 0 Å². The van der Waals surface area contributed by atoms with Crippen LogP contribution in [0.2, 0.25) is 5.02 Å². The largest absolute Gasteiger partial charge is 0.305 e. The van der Waals surface area contributed by atoms with Gasteiger partial charge >= 0.3 is 0 Å². The van der Waals surface area contributed by atoms with Crippen molar-refractivity contribution >= 4 is 29.5 Å². The molecule has 35 heavy (non-hydrogen) atoms. The molecule has 1 aromatic carbocycles. The maximum absolute atomic E-state index is 14.2. The molecule has 4 rings (SSSR count). The van der Waals surface area contributed by atoms with Crippen molar-refractivity contribution in [1.82, 2.24) is 4.90 Å². The molecule has 0 saturated heterocycles. The maximum atomic E-state index is 14.2. The molecule has 0 N–H and O–H groups in total. The molecule has 186 valence electrons. The molecule has 1 saturated carbocycles. The summed E-state index contributed by atoms with van der Waals surface area (Å²) in [5, 5.41) is 0.605. The van der Waals surface area contributed by atoms with Crippen LogP contribution in [0.1, 0.15) is 78.2 Å². The van der Waals surface area contributed by atoms with E-state index in [1.807, 2.05) is 42.5 Å². The van der Waals surface area contributed by atoms with E-state index in [1.54, 1.807) is 0 Å². The van der Waals surface area contributed by atoms with E-state index in [9.17, 15) is 9.59 Å². The zero-order valence-electron chi connectivity index (χ0n) is 21.4. The Morgan fingerprint density at radius 3 is 2.60 bits per heavy atom. The van der Waals surface area contributed by atoms with E-state index in [2.05, 4.69) is 38.7 Å². The fourth-order valence-electron chi connectivity index (χ4n) is 5.85. The number of aliphatic imine (C=N–C) groups is 1. The van der Waals surface area contributed by atoms with Crippen LogP contribution in [0.5, 0.6) is 0 Å². The van der Waals surface area contributed by atoms with Gasteiger partial charge in [0.1, 0.15) is 17.7 Å². The Labute approximate surface area is 214 Å². The van der Waals surface area contributed by atoms with Gasteiger partial charge in [0.2, 0.25) is 0 Å². The molecule has 5 heteroatoms. The average molecular weight is 493 g/mol. The van der Waals surface area contributed by atoms with Gasteiger partial charge in [-0.3, -0.25) is 14.6 Å². The number of allylic oxidation sites excluding steroid dienone is 4. The van der Waals surface area contributed by atoms with Crippen LogP contribution in [0.3, 0.4) is 0 Å². The van der Waals surface area contributed by atoms with Gasteiger partial charge in [-0.05, 0) is 73.1 Å². The molecule has 0 bridgehead atoms. The first kappa shape index (κ1) is 25.6. The molecule has 1 aliphatic heterocycles. The Bertz CT molecular complexity index is 1100. The summed E-state index contributed by atoms with van der Waals surface area (Å²) in [6, 6.07) is 7.38. The predicted octanol–water partition coefficient (Wildman–Crippen LogP) is 7.08. The molecule has 1 spiro atoms. The summed E-state index contributed by atoms with van der Waals surface area (Å²) in [5.74, 6) is 0.591. The molecule has 0 aromatic heterocycles. The van der Waals surface area contributed by atoms with Crippen LogP contribution in [0.15, 0.2) is 64.7 Å². The van der Waals surface area contributed by atoms with E-state index in [0.717, 1.165) is 61.5 Å². The number of carbonyl (C=O) groups excluding carboxylic acids is 2. The lowest BCUT2D eigenvalue weighted by Gasteiger charge is -2.47. The van der Waals surface area contributed by atoms with Gasteiger partial charge in [-0.2, -0.15) is 0 Å². The smallest absolute Gasteiger partial charge is 0.275 e. The van der Waals surface area contributed by atoms with Gasteiger partial charge in [-0.15, -0.1) is 0 Å². The number of hydrogen-bond donors (Lipinski definition) is 0. The Balaban J connectivity index is 1.78. The van der Waals surface area contributed by atoms with Crippen molar-refractivity contribution in [3.8, 4) is 0 Å². The van der Waals surface area contributed by atoms with Crippen LogP contribution in [0.4, 0.5) is 0 Å². The van der Waals surface area contributed by atoms with E-state index in [-0.39, 0.29) is 17.4 Å². The van der Waals surface area contributed by atoms with Gasteiger partial charge in [0.15, 0.2) is 0 Å². The molecule has 2 aliphatic carbocycles. The third-order valence-corrected chi connectivity index (χ3v) is 8.10. The van der Waals surface area contributed by atoms with E-state index in [1.165, 1.54) is 0 Å². The molecular formula is C30H37ClN2O2. The summed E-state index contributed by atoms with van der Waals surface area (Å²) >= 11 is 6.30. The monoisotopic (exact) mass is 492 g/mol. The molecule has 1 aromatic rings. The standard InChI is InChI=1S/C30H37ClN2O2/c1-5-8-26(22-10-6-9-21(20-34)13-14-22)33-28(35)27(23-11-7-12-25(31)19-23)32-30(33)17-15-24(16-18-30)29(2,3)4/h6-7,10-14,19-20,24,26H,5,8-9,15-18H2,1-4H3. The minimum absolute atomic E-state index is 0.0157. The van der Waals surface area contributed by atoms with Gasteiger partial charge in [0.25, 0.3) is 5.91 Å². The van der Waals surface area contributed by atoms with E-state index in [0.29, 0.717) is 23.1 Å². The highest BCUT2D eigenvalue weighted by Gasteiger charge is 2.52. The minimum Gasteiger partial charge on any atom is -0.305 e. The van der Waals surface area contributed by atoms with Crippen molar-refractivity contribution in [2.24, 2.45) is 16.3 Å². The molecule has 0 radical (unpaired) electrons. The molecule has 1 heterocycles. The predicted molar refractivity (Wildman–Crippen MR) is 144 cm³/mol. The second kappa shape index (κ2) is 10.3. The number of rotatable bonds is 6. The molecular weight excluding hydrogens is 456 g/mol. The van der Waals surface area contributed by atoms with Crippen molar-refractivity contribution < 1.29 is 9.59 Å². The first-order valence-corrected chi connectivity index (χ1v) is 13.3. The van der Waals surface area contributed by atoms with Crippen molar-refractivity contribution in [2.75, 3.05) is 0 Å². The summed E-state index contributed by atoms with van der Waals surface area (Å²) in [6.07, 6.45) is 15.1. The zero-order valence-corrected chi connectivity index (χ0v) is 22.1. The average Bonchev–Trinajstić information content (AvgIpc) is 2.96. The van der Waals surface area contributed by atoms with E-state index >= 15 is 0 Å². The summed E-state index contributed by atoms with van der Waals surface area (Å²) in [5.41, 5.74) is 2.80. The van der Waals surface area contributed by atoms with E-state index < -0.39 is 5.66 Å². The van der Waals surface area contributed by atoms with Crippen LogP contribution >= 0.6 is 11.6 Å². The number of hydrogen-bond acceptors (Lipinski definition) is 3. The maximum Gasteiger partial charge on any atom is 0.275 e. The zero-order chi connectivity index (χ0) is 25.2. The normalized spacial score (nSPS) is 25.7. The van der Waals surface area contributed by atoms with E-state index in [4.69, 9.17) is 16.6 Å². The third kappa shape index (κ3) is 5.23. The summed E-state index contributed by atoms with van der Waals surface area (Å²) in [7, 11) is 0. The Morgan fingerprint density at radius 2 is 1.97 bits per heavy atom. The van der Waals surface area contributed by atoms with Gasteiger partial charge in [0, 0.05) is 10.6 Å². The Hall–Kier alpha value is -2.46. The first-order valence-electron chi connectivity index (χ1n) is 12.9. The van der Waals surface area contributed by atoms with Gasteiger partial charge in [0.05, 0.1) is 6.04 Å². The number of amides is 1. The fraction of sp³-hybridized carbons (Fsp3) is 0.500. The molecule has 4 nitrogen and oxygen atoms in total. The number of aldehydes is 1. The SMILES string of the molecule is CCCC(C1=CC=C(C=O)CC=C1)N1C(=O)C(c2cccc(Cl)c2)=NC12CCC(C(C)(C)C)CC2. The number of benzene rings is 1. The summed E-state index contributed by atoms with van der Waals surface area (Å²) in [4.78, 5) is 32.9. The topological polar surface area (TPSA) is 49.7 Å². The molecule has 3 aliphatic rings. The van der Waals surface area contributed by atoms with Crippen LogP contribution in [-0.4, -0.2) is 34.5 Å². The molecule has 1 amide bonds. The highest BCUT2D eigenvalue weighted by Crippen LogP contribution is 2.48. The van der Waals surface area contributed by atoms with Gasteiger partial charge in [-0.25, -0.2) is 0 Å². The summed E-state index contributed by atoms with van der Waals surface area (Å²) < 4.78 is 0. The lowest BCUT2D eigenvalue weighted by Crippen LogP contribution is -2.55. The Morgan fingerprint density at radius 1 is 1.23 bits per heavy atom. The van der Waals surface area contributed by atoms with Crippen molar-refractivity contribution in [3.05, 3.63) is 70.3 Å².